The minimum absolute atomic E-state index is 0.0966. The van der Waals surface area contributed by atoms with Crippen LogP contribution in [-0.4, -0.2) is 25.7 Å². The lowest BCUT2D eigenvalue weighted by Crippen LogP contribution is -2.12. The molecule has 1 aromatic heterocycles. The molecular formula is C8H6BrClN4O3. The highest BCUT2D eigenvalue weighted by Crippen LogP contribution is 2.29. The van der Waals surface area contributed by atoms with E-state index in [2.05, 4.69) is 31.1 Å². The molecule has 1 atom stereocenters. The lowest BCUT2D eigenvalue weighted by molar-refractivity contribution is 0.0679. The maximum atomic E-state index is 10.9. The van der Waals surface area contributed by atoms with Crippen molar-refractivity contribution in [3.8, 4) is 0 Å². The molecule has 7 nitrogen and oxygen atoms in total. The van der Waals surface area contributed by atoms with Crippen LogP contribution in [0.25, 0.3) is 0 Å². The minimum atomic E-state index is -1.27. The van der Waals surface area contributed by atoms with Gasteiger partial charge in [0, 0.05) is 6.42 Å². The number of carbonyl (C=O) groups is 1. The molecule has 0 saturated carbocycles. The number of nitrogen functional groups attached to an aromatic ring is 1. The van der Waals surface area contributed by atoms with Gasteiger partial charge in [-0.15, -0.1) is 0 Å². The maximum absolute atomic E-state index is 10.9. The number of aromatic carboxylic acids is 1. The number of carboxylic acid groups (broad SMARTS) is 1. The van der Waals surface area contributed by atoms with Gasteiger partial charge in [0.05, 0.1) is 0 Å². The Morgan fingerprint density at radius 1 is 1.59 bits per heavy atom. The molecule has 0 amide bonds. The van der Waals surface area contributed by atoms with Gasteiger partial charge in [0.2, 0.25) is 0 Å². The van der Waals surface area contributed by atoms with Crippen molar-refractivity contribution in [2.24, 2.45) is 5.16 Å². The van der Waals surface area contributed by atoms with Gasteiger partial charge in [-0.3, -0.25) is 0 Å². The van der Waals surface area contributed by atoms with E-state index in [1.807, 2.05) is 0 Å². The molecule has 90 valence electrons. The van der Waals surface area contributed by atoms with E-state index < -0.39 is 12.1 Å². The van der Waals surface area contributed by atoms with Gasteiger partial charge in [-0.2, -0.15) is 0 Å². The van der Waals surface area contributed by atoms with E-state index >= 15 is 0 Å². The molecule has 0 bridgehead atoms. The Labute approximate surface area is 109 Å². The first-order valence-corrected chi connectivity index (χ1v) is 5.60. The fourth-order valence-corrected chi connectivity index (χ4v) is 1.80. The summed E-state index contributed by atoms with van der Waals surface area (Å²) in [5.41, 5.74) is 5.16. The molecule has 0 aromatic carbocycles. The topological polar surface area (TPSA) is 111 Å². The van der Waals surface area contributed by atoms with Gasteiger partial charge in [0.15, 0.2) is 17.6 Å². The number of nitrogens with two attached hydrogens (primary N) is 1. The van der Waals surface area contributed by atoms with Crippen LogP contribution in [0.5, 0.6) is 0 Å². The second-order valence-electron chi connectivity index (χ2n) is 3.20. The third kappa shape index (κ3) is 2.32. The van der Waals surface area contributed by atoms with Crippen molar-refractivity contribution in [1.82, 2.24) is 9.97 Å². The summed E-state index contributed by atoms with van der Waals surface area (Å²) in [5.74, 6) is -1.23. The Bertz CT molecular complexity index is 522. The maximum Gasteiger partial charge on any atom is 0.356 e. The van der Waals surface area contributed by atoms with E-state index in [9.17, 15) is 4.79 Å². The van der Waals surface area contributed by atoms with E-state index in [-0.39, 0.29) is 22.4 Å². The summed E-state index contributed by atoms with van der Waals surface area (Å²) in [5, 5.41) is 12.4. The van der Waals surface area contributed by atoms with Gasteiger partial charge in [-0.05, 0) is 15.9 Å². The van der Waals surface area contributed by atoms with Crippen LogP contribution in [0, 0.1) is 0 Å². The summed E-state index contributed by atoms with van der Waals surface area (Å²) in [6.45, 7) is 0. The summed E-state index contributed by atoms with van der Waals surface area (Å²) in [6, 6.07) is 0. The highest BCUT2D eigenvalue weighted by molar-refractivity contribution is 9.18. The van der Waals surface area contributed by atoms with Crippen LogP contribution >= 0.6 is 27.5 Å². The van der Waals surface area contributed by atoms with Crippen molar-refractivity contribution in [2.45, 2.75) is 12.5 Å². The molecule has 1 unspecified atom stereocenters. The predicted molar refractivity (Wildman–Crippen MR) is 63.2 cm³/mol. The second kappa shape index (κ2) is 4.46. The average molecular weight is 322 g/mol. The van der Waals surface area contributed by atoms with Gasteiger partial charge in [-0.1, -0.05) is 16.8 Å². The minimum Gasteiger partial charge on any atom is -0.476 e. The molecule has 2 rings (SSSR count). The predicted octanol–water partition coefficient (Wildman–Crippen LogP) is 1.58. The van der Waals surface area contributed by atoms with Crippen LogP contribution in [0.2, 0.25) is 5.02 Å². The van der Waals surface area contributed by atoms with Crippen LogP contribution in [0.3, 0.4) is 0 Å². The summed E-state index contributed by atoms with van der Waals surface area (Å²) >= 11 is 8.84. The molecule has 2 heterocycles. The van der Waals surface area contributed by atoms with E-state index in [4.69, 9.17) is 27.3 Å². The molecule has 3 N–H and O–H groups in total. The van der Waals surface area contributed by atoms with Crippen molar-refractivity contribution in [3.05, 3.63) is 16.5 Å². The monoisotopic (exact) mass is 320 g/mol. The second-order valence-corrected chi connectivity index (χ2v) is 4.49. The molecule has 1 aromatic rings. The highest BCUT2D eigenvalue weighted by atomic mass is 79.9. The van der Waals surface area contributed by atoms with Gasteiger partial charge in [0.25, 0.3) is 0 Å². The third-order valence-electron chi connectivity index (χ3n) is 2.02. The molecular weight excluding hydrogens is 315 g/mol. The number of nitrogens with zero attached hydrogens (tertiary/aromatic N) is 3. The molecule has 1 aliphatic rings. The van der Waals surface area contributed by atoms with Crippen LogP contribution in [0.1, 0.15) is 28.8 Å². The molecule has 0 aliphatic carbocycles. The Kier molecular flexibility index (Phi) is 3.16. The number of anilines is 1. The number of hydrogen-bond donors (Lipinski definition) is 2. The van der Waals surface area contributed by atoms with Gasteiger partial charge >= 0.3 is 5.97 Å². The van der Waals surface area contributed by atoms with Crippen molar-refractivity contribution in [3.63, 3.8) is 0 Å². The Morgan fingerprint density at radius 3 is 2.82 bits per heavy atom. The van der Waals surface area contributed by atoms with E-state index in [0.717, 1.165) is 0 Å². The van der Waals surface area contributed by atoms with Crippen molar-refractivity contribution >= 4 is 43.9 Å². The van der Waals surface area contributed by atoms with Crippen molar-refractivity contribution in [2.75, 3.05) is 5.73 Å². The van der Waals surface area contributed by atoms with E-state index in [1.165, 1.54) is 0 Å². The van der Waals surface area contributed by atoms with E-state index in [1.54, 1.807) is 0 Å². The number of rotatable bonds is 2. The normalized spacial score (nSPS) is 18.7. The molecule has 17 heavy (non-hydrogen) atoms. The van der Waals surface area contributed by atoms with Crippen LogP contribution in [-0.2, 0) is 4.84 Å². The Morgan fingerprint density at radius 2 is 2.29 bits per heavy atom. The number of hydrogen-bond acceptors (Lipinski definition) is 6. The van der Waals surface area contributed by atoms with Gasteiger partial charge in [-0.25, -0.2) is 14.8 Å². The van der Waals surface area contributed by atoms with Crippen LogP contribution < -0.4 is 5.73 Å². The molecule has 0 spiro atoms. The number of oxime groups is 1. The largest absolute Gasteiger partial charge is 0.476 e. The summed E-state index contributed by atoms with van der Waals surface area (Å²) < 4.78 is 0.594. The average Bonchev–Trinajstić information content (AvgIpc) is 2.68. The standard InChI is InChI=1S/C8H6BrClN4O3/c9-3-1-2(17-14-3)7-12-5(8(15)16)4(10)6(11)13-7/h2H,1H2,(H,15,16)(H2,11,12,13). The first-order valence-electron chi connectivity index (χ1n) is 4.43. The number of aromatic nitrogens is 2. The van der Waals surface area contributed by atoms with Crippen molar-refractivity contribution in [1.29, 1.82) is 0 Å². The zero-order valence-corrected chi connectivity index (χ0v) is 10.6. The fraction of sp³-hybridized carbons (Fsp3) is 0.250. The molecule has 9 heteroatoms. The fourth-order valence-electron chi connectivity index (χ4n) is 1.25. The number of carboxylic acids is 1. The zero-order valence-electron chi connectivity index (χ0n) is 8.22. The first-order chi connectivity index (χ1) is 7.99. The smallest absolute Gasteiger partial charge is 0.356 e. The molecule has 0 radical (unpaired) electrons. The quantitative estimate of drug-likeness (QED) is 0.855. The first kappa shape index (κ1) is 12.1. The van der Waals surface area contributed by atoms with E-state index in [0.29, 0.717) is 11.0 Å². The highest BCUT2D eigenvalue weighted by Gasteiger charge is 2.27. The van der Waals surface area contributed by atoms with Crippen LogP contribution in [0.4, 0.5) is 5.82 Å². The van der Waals surface area contributed by atoms with Gasteiger partial charge in [0.1, 0.15) is 15.5 Å². The lowest BCUT2D eigenvalue weighted by Gasteiger charge is -2.09. The summed E-state index contributed by atoms with van der Waals surface area (Å²) in [7, 11) is 0. The lowest BCUT2D eigenvalue weighted by atomic mass is 10.2. The molecule has 0 fully saturated rings. The SMILES string of the molecule is Nc1nc(C2CC(Br)=NO2)nc(C(=O)O)c1Cl. The zero-order chi connectivity index (χ0) is 12.6. The Hall–Kier alpha value is -1.41. The third-order valence-corrected chi connectivity index (χ3v) is 2.86. The van der Waals surface area contributed by atoms with Gasteiger partial charge < -0.3 is 15.7 Å². The van der Waals surface area contributed by atoms with Crippen molar-refractivity contribution < 1.29 is 14.7 Å². The van der Waals surface area contributed by atoms with Crippen LogP contribution in [0.15, 0.2) is 5.16 Å². The Balaban J connectivity index is 2.40. The molecule has 1 aliphatic heterocycles. The number of halogens is 2. The summed E-state index contributed by atoms with van der Waals surface area (Å²) in [4.78, 5) is 23.6. The molecule has 0 saturated heterocycles. The summed E-state index contributed by atoms with van der Waals surface area (Å²) in [6.07, 6.45) is -0.137.